The predicted molar refractivity (Wildman–Crippen MR) is 73.7 cm³/mol. The second-order valence-electron chi connectivity index (χ2n) is 4.18. The van der Waals surface area contributed by atoms with E-state index in [2.05, 4.69) is 0 Å². The van der Waals surface area contributed by atoms with Crippen LogP contribution in [0.25, 0.3) is 0 Å². The molecule has 3 N–H and O–H groups in total. The van der Waals surface area contributed by atoms with Crippen molar-refractivity contribution in [1.29, 1.82) is 5.41 Å². The van der Waals surface area contributed by atoms with E-state index in [-0.39, 0.29) is 11.9 Å². The molecule has 0 amide bonds. The maximum atomic E-state index is 7.70. The Hall–Kier alpha value is -1.20. The zero-order chi connectivity index (χ0) is 13.0. The first-order valence-electron chi connectivity index (χ1n) is 5.98. The molecule has 1 aliphatic rings. The molecule has 1 saturated heterocycles. The lowest BCUT2D eigenvalue weighted by Crippen LogP contribution is -2.27. The van der Waals surface area contributed by atoms with E-state index in [0.717, 1.165) is 31.0 Å². The normalized spacial score (nSPS) is 16.5. The molecule has 98 valence electrons. The van der Waals surface area contributed by atoms with Gasteiger partial charge in [-0.25, -0.2) is 0 Å². The first kappa shape index (κ1) is 13.2. The van der Waals surface area contributed by atoms with Gasteiger partial charge in [0.1, 0.15) is 17.7 Å². The Labute approximate surface area is 111 Å². The zero-order valence-corrected chi connectivity index (χ0v) is 11.3. The third kappa shape index (κ3) is 2.97. The molecule has 5 heteroatoms. The molecule has 0 radical (unpaired) electrons. The lowest BCUT2D eigenvalue weighted by atomic mass is 10.1. The third-order valence-corrected chi connectivity index (χ3v) is 3.72. The zero-order valence-electron chi connectivity index (χ0n) is 10.4. The van der Waals surface area contributed by atoms with Crippen molar-refractivity contribution in [3.05, 3.63) is 23.8 Å². The molecule has 0 spiro atoms. The lowest BCUT2D eigenvalue weighted by Gasteiger charge is -2.25. The summed E-state index contributed by atoms with van der Waals surface area (Å²) in [6.45, 7) is 1.48. The van der Waals surface area contributed by atoms with E-state index in [4.69, 9.17) is 20.6 Å². The smallest absolute Gasteiger partial charge is 0.131 e. The van der Waals surface area contributed by atoms with E-state index in [1.165, 1.54) is 0 Å². The quantitative estimate of drug-likeness (QED) is 0.498. The minimum atomic E-state index is 0.0574. The maximum Gasteiger partial charge on any atom is 0.131 e. The van der Waals surface area contributed by atoms with Gasteiger partial charge >= 0.3 is 0 Å². The fourth-order valence-corrected chi connectivity index (χ4v) is 2.65. The molecule has 1 aromatic rings. The topological polar surface area (TPSA) is 68.3 Å². The number of ether oxygens (including phenoxy) is 2. The van der Waals surface area contributed by atoms with Crippen LogP contribution in [0.15, 0.2) is 23.1 Å². The number of nitrogens with two attached hydrogens (primary N) is 1. The Bertz CT molecular complexity index is 431. The van der Waals surface area contributed by atoms with Gasteiger partial charge in [0, 0.05) is 17.7 Å². The molecule has 1 heterocycles. The molecular weight excluding hydrogens is 248 g/mol. The van der Waals surface area contributed by atoms with Gasteiger partial charge in [0.25, 0.3) is 0 Å². The molecule has 2 rings (SSSR count). The maximum absolute atomic E-state index is 7.70. The standard InChI is InChI=1S/C13H18N2O2S/c1-18-11-4-2-3-10(12(11)13(14)15)17-9-5-7-16-8-6-9/h2-4,9H,5-8H2,1H3,(H3,14,15). The molecule has 4 nitrogen and oxygen atoms in total. The molecule has 0 saturated carbocycles. The molecule has 18 heavy (non-hydrogen) atoms. The molecule has 1 aromatic carbocycles. The summed E-state index contributed by atoms with van der Waals surface area (Å²) in [6.07, 6.45) is 3.91. The molecule has 0 aromatic heterocycles. The molecular formula is C13H18N2O2S. The minimum Gasteiger partial charge on any atom is -0.489 e. The van der Waals surface area contributed by atoms with Gasteiger partial charge in [-0.15, -0.1) is 11.8 Å². The summed E-state index contributed by atoms with van der Waals surface area (Å²) in [7, 11) is 0. The van der Waals surface area contributed by atoms with Crippen LogP contribution < -0.4 is 10.5 Å². The highest BCUT2D eigenvalue weighted by Crippen LogP contribution is 2.30. The Morgan fingerprint density at radius 2 is 2.17 bits per heavy atom. The summed E-state index contributed by atoms with van der Waals surface area (Å²) < 4.78 is 11.3. The van der Waals surface area contributed by atoms with E-state index in [0.29, 0.717) is 11.3 Å². The van der Waals surface area contributed by atoms with Crippen molar-refractivity contribution in [2.75, 3.05) is 19.5 Å². The first-order chi connectivity index (χ1) is 8.72. The second-order valence-corrected chi connectivity index (χ2v) is 5.02. The van der Waals surface area contributed by atoms with Crippen LogP contribution in [0.1, 0.15) is 18.4 Å². The van der Waals surface area contributed by atoms with Crippen LogP contribution in [-0.4, -0.2) is 31.4 Å². The summed E-state index contributed by atoms with van der Waals surface area (Å²) in [5.74, 6) is 0.767. The van der Waals surface area contributed by atoms with E-state index in [1.807, 2.05) is 24.5 Å². The van der Waals surface area contributed by atoms with E-state index < -0.39 is 0 Å². The number of rotatable bonds is 4. The molecule has 0 unspecified atom stereocenters. The Morgan fingerprint density at radius 3 is 2.78 bits per heavy atom. The highest BCUT2D eigenvalue weighted by atomic mass is 32.2. The summed E-state index contributed by atoms with van der Waals surface area (Å²) in [5.41, 5.74) is 6.37. The van der Waals surface area contributed by atoms with E-state index in [9.17, 15) is 0 Å². The van der Waals surface area contributed by atoms with Gasteiger partial charge in [0.15, 0.2) is 0 Å². The van der Waals surface area contributed by atoms with Crippen LogP contribution in [0, 0.1) is 5.41 Å². The highest BCUT2D eigenvalue weighted by Gasteiger charge is 2.19. The lowest BCUT2D eigenvalue weighted by molar-refractivity contribution is 0.0254. The van der Waals surface area contributed by atoms with Crippen molar-refractivity contribution in [1.82, 2.24) is 0 Å². The van der Waals surface area contributed by atoms with Crippen LogP contribution in [0.5, 0.6) is 5.75 Å². The van der Waals surface area contributed by atoms with E-state index >= 15 is 0 Å². The summed E-state index contributed by atoms with van der Waals surface area (Å²) >= 11 is 1.57. The van der Waals surface area contributed by atoms with Crippen molar-refractivity contribution in [3.8, 4) is 5.75 Å². The van der Waals surface area contributed by atoms with Gasteiger partial charge in [0.05, 0.1) is 18.8 Å². The average molecular weight is 266 g/mol. The predicted octanol–water partition coefficient (Wildman–Crippen LogP) is 2.25. The monoisotopic (exact) mass is 266 g/mol. The van der Waals surface area contributed by atoms with Gasteiger partial charge in [-0.05, 0) is 18.4 Å². The molecule has 0 atom stereocenters. The van der Waals surface area contributed by atoms with Crippen molar-refractivity contribution in [2.24, 2.45) is 5.73 Å². The van der Waals surface area contributed by atoms with Gasteiger partial charge < -0.3 is 15.2 Å². The van der Waals surface area contributed by atoms with Crippen LogP contribution >= 0.6 is 11.8 Å². The van der Waals surface area contributed by atoms with Gasteiger partial charge in [-0.3, -0.25) is 5.41 Å². The van der Waals surface area contributed by atoms with E-state index in [1.54, 1.807) is 11.8 Å². The Morgan fingerprint density at radius 1 is 1.44 bits per heavy atom. The van der Waals surface area contributed by atoms with Crippen molar-refractivity contribution in [2.45, 2.75) is 23.8 Å². The van der Waals surface area contributed by atoms with Gasteiger partial charge in [-0.2, -0.15) is 0 Å². The number of benzene rings is 1. The second kappa shape index (κ2) is 6.11. The van der Waals surface area contributed by atoms with Crippen molar-refractivity contribution >= 4 is 17.6 Å². The van der Waals surface area contributed by atoms with Crippen molar-refractivity contribution < 1.29 is 9.47 Å². The minimum absolute atomic E-state index is 0.0574. The van der Waals surface area contributed by atoms with Crippen LogP contribution in [0.3, 0.4) is 0 Å². The van der Waals surface area contributed by atoms with Gasteiger partial charge in [-0.1, -0.05) is 6.07 Å². The highest BCUT2D eigenvalue weighted by molar-refractivity contribution is 7.98. The van der Waals surface area contributed by atoms with Crippen LogP contribution in [0.2, 0.25) is 0 Å². The fourth-order valence-electron chi connectivity index (χ4n) is 2.02. The SMILES string of the molecule is CSc1cccc(OC2CCOCC2)c1C(=N)N. The number of thioether (sulfide) groups is 1. The number of hydrogen-bond acceptors (Lipinski definition) is 4. The Balaban J connectivity index is 2.23. The fraction of sp³-hybridized carbons (Fsp3) is 0.462. The Kier molecular flexibility index (Phi) is 4.49. The average Bonchev–Trinajstić information content (AvgIpc) is 2.39. The summed E-state index contributed by atoms with van der Waals surface area (Å²) in [4.78, 5) is 0.979. The molecule has 1 aliphatic heterocycles. The first-order valence-corrected chi connectivity index (χ1v) is 7.20. The third-order valence-electron chi connectivity index (χ3n) is 2.94. The number of nitrogen functional groups attached to an aromatic ring is 1. The number of nitrogens with one attached hydrogen (secondary N) is 1. The largest absolute Gasteiger partial charge is 0.489 e. The summed E-state index contributed by atoms with van der Waals surface area (Å²) in [6, 6.07) is 5.77. The molecule has 0 aliphatic carbocycles. The molecule has 1 fully saturated rings. The molecule has 0 bridgehead atoms. The van der Waals surface area contributed by atoms with Crippen molar-refractivity contribution in [3.63, 3.8) is 0 Å². The van der Waals surface area contributed by atoms with Crippen LogP contribution in [0.4, 0.5) is 0 Å². The number of hydrogen-bond donors (Lipinski definition) is 2. The number of amidine groups is 1. The summed E-state index contributed by atoms with van der Waals surface area (Å²) in [5, 5.41) is 7.70. The van der Waals surface area contributed by atoms with Gasteiger partial charge in [0.2, 0.25) is 0 Å². The van der Waals surface area contributed by atoms with Crippen LogP contribution in [-0.2, 0) is 4.74 Å².